The first kappa shape index (κ1) is 17.5. The van der Waals surface area contributed by atoms with Gasteiger partial charge in [0.05, 0.1) is 29.5 Å². The lowest BCUT2D eigenvalue weighted by Crippen LogP contribution is -2.32. The van der Waals surface area contributed by atoms with Crippen LogP contribution in [0.5, 0.6) is 0 Å². The molecule has 6 nitrogen and oxygen atoms in total. The molecule has 0 N–H and O–H groups in total. The number of nitrogens with zero attached hydrogens (tertiary/aromatic N) is 4. The van der Waals surface area contributed by atoms with Crippen LogP contribution in [0, 0.1) is 20.8 Å². The minimum atomic E-state index is -0.0107. The zero-order valence-electron chi connectivity index (χ0n) is 16.0. The number of aromatic nitrogens is 3. The third-order valence-corrected chi connectivity index (χ3v) is 5.32. The number of benzene rings is 1. The molecular weight excluding hydrogens is 340 g/mol. The van der Waals surface area contributed by atoms with Crippen LogP contribution < -0.4 is 0 Å². The van der Waals surface area contributed by atoms with E-state index in [4.69, 9.17) is 4.52 Å². The number of hydrogen-bond acceptors (Lipinski definition) is 4. The van der Waals surface area contributed by atoms with Crippen molar-refractivity contribution < 1.29 is 9.32 Å². The molecule has 0 saturated carbocycles. The molecular formula is C21H24N4O2. The van der Waals surface area contributed by atoms with Crippen molar-refractivity contribution in [3.8, 4) is 5.69 Å². The maximum Gasteiger partial charge on any atom is 0.227 e. The van der Waals surface area contributed by atoms with Gasteiger partial charge in [0, 0.05) is 23.9 Å². The van der Waals surface area contributed by atoms with E-state index in [1.54, 1.807) is 0 Å². The van der Waals surface area contributed by atoms with Gasteiger partial charge in [-0.25, -0.2) is 4.68 Å². The largest absolute Gasteiger partial charge is 0.359 e. The molecule has 0 radical (unpaired) electrons. The van der Waals surface area contributed by atoms with Crippen molar-refractivity contribution in [2.24, 2.45) is 0 Å². The van der Waals surface area contributed by atoms with E-state index in [1.807, 2.05) is 66.8 Å². The van der Waals surface area contributed by atoms with Crippen LogP contribution in [0.25, 0.3) is 5.69 Å². The predicted molar refractivity (Wildman–Crippen MR) is 102 cm³/mol. The predicted octanol–water partition coefficient (Wildman–Crippen LogP) is 3.69. The fourth-order valence-corrected chi connectivity index (χ4v) is 3.91. The minimum Gasteiger partial charge on any atom is -0.359 e. The summed E-state index contributed by atoms with van der Waals surface area (Å²) in [5, 5.41) is 8.64. The van der Waals surface area contributed by atoms with E-state index in [0.717, 1.165) is 53.5 Å². The molecule has 1 unspecified atom stereocenters. The van der Waals surface area contributed by atoms with Gasteiger partial charge in [-0.1, -0.05) is 23.4 Å². The molecule has 1 amide bonds. The normalized spacial score (nSPS) is 16.9. The van der Waals surface area contributed by atoms with E-state index in [2.05, 4.69) is 10.3 Å². The minimum absolute atomic E-state index is 0.0107. The molecule has 6 heteroatoms. The van der Waals surface area contributed by atoms with Gasteiger partial charge in [0.1, 0.15) is 0 Å². The topological polar surface area (TPSA) is 64.2 Å². The smallest absolute Gasteiger partial charge is 0.227 e. The van der Waals surface area contributed by atoms with Gasteiger partial charge in [0.15, 0.2) is 5.76 Å². The number of amides is 1. The summed E-state index contributed by atoms with van der Waals surface area (Å²) in [6.45, 7) is 6.65. The van der Waals surface area contributed by atoms with Crippen LogP contribution in [0.15, 0.2) is 40.9 Å². The highest BCUT2D eigenvalue weighted by atomic mass is 16.5. The van der Waals surface area contributed by atoms with Crippen molar-refractivity contribution in [3.05, 3.63) is 64.8 Å². The number of para-hydroxylation sites is 1. The summed E-state index contributed by atoms with van der Waals surface area (Å²) >= 11 is 0. The van der Waals surface area contributed by atoms with Gasteiger partial charge in [-0.2, -0.15) is 5.10 Å². The number of hydrogen-bond donors (Lipinski definition) is 0. The molecule has 1 aromatic carbocycles. The van der Waals surface area contributed by atoms with E-state index >= 15 is 0 Å². The Hall–Kier alpha value is -2.89. The Morgan fingerprint density at radius 3 is 2.70 bits per heavy atom. The molecule has 1 aliphatic rings. The van der Waals surface area contributed by atoms with Gasteiger partial charge >= 0.3 is 0 Å². The second kappa shape index (κ2) is 7.02. The molecule has 4 rings (SSSR count). The number of carbonyl (C=O) groups is 1. The molecule has 140 valence electrons. The zero-order chi connectivity index (χ0) is 19.0. The maximum absolute atomic E-state index is 13.1. The van der Waals surface area contributed by atoms with Gasteiger partial charge in [-0.15, -0.1) is 0 Å². The van der Waals surface area contributed by atoms with Crippen LogP contribution in [0.1, 0.15) is 47.3 Å². The van der Waals surface area contributed by atoms with E-state index in [0.29, 0.717) is 6.42 Å². The lowest BCUT2D eigenvalue weighted by Gasteiger charge is -2.22. The van der Waals surface area contributed by atoms with Crippen LogP contribution in [0.4, 0.5) is 0 Å². The quantitative estimate of drug-likeness (QED) is 0.708. The molecule has 3 aromatic rings. The molecule has 1 fully saturated rings. The zero-order valence-corrected chi connectivity index (χ0v) is 16.0. The summed E-state index contributed by atoms with van der Waals surface area (Å²) in [6, 6.07) is 11.9. The van der Waals surface area contributed by atoms with Crippen molar-refractivity contribution in [1.82, 2.24) is 19.8 Å². The summed E-state index contributed by atoms with van der Waals surface area (Å²) in [7, 11) is 0. The van der Waals surface area contributed by atoms with Crippen LogP contribution in [-0.2, 0) is 11.2 Å². The summed E-state index contributed by atoms with van der Waals surface area (Å²) in [5.74, 6) is 0.900. The third-order valence-electron chi connectivity index (χ3n) is 5.32. The van der Waals surface area contributed by atoms with Crippen LogP contribution in [-0.4, -0.2) is 32.3 Å². The van der Waals surface area contributed by atoms with Gasteiger partial charge in [0.25, 0.3) is 0 Å². The Morgan fingerprint density at radius 1 is 1.22 bits per heavy atom. The SMILES string of the molecule is Cc1cc(C2CCCN2C(=O)Cc2c(C)nn(-c3ccccc3)c2C)on1. The summed E-state index contributed by atoms with van der Waals surface area (Å²) in [6.07, 6.45) is 2.26. The molecule has 0 bridgehead atoms. The standard InChI is InChI=1S/C21H24N4O2/c1-14-12-20(27-23-14)19-10-7-11-24(19)21(26)13-18-15(2)22-25(16(18)3)17-8-5-4-6-9-17/h4-6,8-9,12,19H,7,10-11,13H2,1-3H3. The highest BCUT2D eigenvalue weighted by molar-refractivity contribution is 5.80. The number of aryl methyl sites for hydroxylation is 2. The first-order valence-electron chi connectivity index (χ1n) is 9.38. The first-order valence-corrected chi connectivity index (χ1v) is 9.38. The Kier molecular flexibility index (Phi) is 4.56. The molecule has 27 heavy (non-hydrogen) atoms. The van der Waals surface area contributed by atoms with Crippen molar-refractivity contribution in [2.75, 3.05) is 6.54 Å². The summed E-state index contributed by atoms with van der Waals surface area (Å²) in [5.41, 5.74) is 4.77. The van der Waals surface area contributed by atoms with Crippen LogP contribution in [0.3, 0.4) is 0 Å². The average Bonchev–Trinajstić information content (AvgIpc) is 3.37. The highest BCUT2D eigenvalue weighted by Crippen LogP contribution is 2.33. The van der Waals surface area contributed by atoms with E-state index in [9.17, 15) is 4.79 Å². The summed E-state index contributed by atoms with van der Waals surface area (Å²) < 4.78 is 7.34. The van der Waals surface area contributed by atoms with Crippen LogP contribution >= 0.6 is 0 Å². The molecule has 0 aliphatic carbocycles. The maximum atomic E-state index is 13.1. The first-order chi connectivity index (χ1) is 13.0. The second-order valence-corrected chi connectivity index (χ2v) is 7.19. The molecule has 1 saturated heterocycles. The molecule has 1 aliphatic heterocycles. The Morgan fingerprint density at radius 2 is 2.00 bits per heavy atom. The Balaban J connectivity index is 1.57. The Bertz CT molecular complexity index is 958. The number of carbonyl (C=O) groups excluding carboxylic acids is 1. The van der Waals surface area contributed by atoms with Crippen molar-refractivity contribution in [2.45, 2.75) is 46.1 Å². The van der Waals surface area contributed by atoms with Crippen LogP contribution in [0.2, 0.25) is 0 Å². The summed E-state index contributed by atoms with van der Waals surface area (Å²) in [4.78, 5) is 15.0. The Labute approximate surface area is 158 Å². The molecule has 1 atom stereocenters. The van der Waals surface area contributed by atoms with Crippen molar-refractivity contribution in [3.63, 3.8) is 0 Å². The molecule has 0 spiro atoms. The highest BCUT2D eigenvalue weighted by Gasteiger charge is 2.33. The second-order valence-electron chi connectivity index (χ2n) is 7.19. The van der Waals surface area contributed by atoms with Gasteiger partial charge in [-0.05, 0) is 45.7 Å². The molecule has 3 heterocycles. The van der Waals surface area contributed by atoms with Gasteiger partial charge in [0.2, 0.25) is 5.91 Å². The van der Waals surface area contributed by atoms with E-state index in [1.165, 1.54) is 0 Å². The lowest BCUT2D eigenvalue weighted by atomic mass is 10.1. The van der Waals surface area contributed by atoms with E-state index < -0.39 is 0 Å². The number of likely N-dealkylation sites (tertiary alicyclic amines) is 1. The lowest BCUT2D eigenvalue weighted by molar-refractivity contribution is -0.131. The monoisotopic (exact) mass is 364 g/mol. The number of rotatable bonds is 4. The average molecular weight is 364 g/mol. The molecule has 2 aromatic heterocycles. The fraction of sp³-hybridized carbons (Fsp3) is 0.381. The van der Waals surface area contributed by atoms with E-state index in [-0.39, 0.29) is 11.9 Å². The fourth-order valence-electron chi connectivity index (χ4n) is 3.91. The van der Waals surface area contributed by atoms with Gasteiger partial charge in [-0.3, -0.25) is 4.79 Å². The van der Waals surface area contributed by atoms with Gasteiger partial charge < -0.3 is 9.42 Å². The third kappa shape index (κ3) is 3.27. The van der Waals surface area contributed by atoms with Crippen molar-refractivity contribution >= 4 is 5.91 Å². The van der Waals surface area contributed by atoms with Crippen molar-refractivity contribution in [1.29, 1.82) is 0 Å².